The molecule has 142 valence electrons. The van der Waals surface area contributed by atoms with Crippen LogP contribution in [-0.4, -0.2) is 63.9 Å². The highest BCUT2D eigenvalue weighted by molar-refractivity contribution is 7.90. The number of benzene rings is 1. The minimum absolute atomic E-state index is 0.0400. The summed E-state index contributed by atoms with van der Waals surface area (Å²) in [5.41, 5.74) is -0.233. The Balaban J connectivity index is 3.04. The highest BCUT2D eigenvalue weighted by atomic mass is 32.2. The maximum absolute atomic E-state index is 12.4. The minimum Gasteiger partial charge on any atom is -0.365 e. The van der Waals surface area contributed by atoms with Gasteiger partial charge in [-0.25, -0.2) is 8.42 Å². The third-order valence-corrected chi connectivity index (χ3v) is 4.61. The molecule has 0 aliphatic carbocycles. The van der Waals surface area contributed by atoms with E-state index in [4.69, 9.17) is 0 Å². The fraction of sp³-hybridized carbons (Fsp3) is 0.571. The third kappa shape index (κ3) is 6.50. The summed E-state index contributed by atoms with van der Waals surface area (Å²) in [7, 11) is -2.30. The normalized spacial score (nSPS) is 12.4. The molecule has 0 N–H and O–H groups in total. The summed E-state index contributed by atoms with van der Waals surface area (Å²) >= 11 is 0. The van der Waals surface area contributed by atoms with Crippen molar-refractivity contribution in [2.24, 2.45) is 0 Å². The Morgan fingerprint density at radius 1 is 1.24 bits per heavy atom. The van der Waals surface area contributed by atoms with Crippen LogP contribution in [0.25, 0.3) is 0 Å². The number of likely N-dealkylation sites (N-methyl/N-ethyl adjacent to an activating group) is 2. The molecular formula is C14H20F3N3O4S. The molecule has 0 atom stereocenters. The maximum atomic E-state index is 12.4. The first kappa shape index (κ1) is 21.2. The Morgan fingerprint density at radius 3 is 2.28 bits per heavy atom. The zero-order chi connectivity index (χ0) is 19.4. The lowest BCUT2D eigenvalue weighted by atomic mass is 10.2. The van der Waals surface area contributed by atoms with Gasteiger partial charge in [0.15, 0.2) is 9.84 Å². The number of rotatable bonds is 8. The van der Waals surface area contributed by atoms with Crippen molar-refractivity contribution in [3.05, 3.63) is 28.3 Å². The van der Waals surface area contributed by atoms with Gasteiger partial charge >= 0.3 is 6.18 Å². The van der Waals surface area contributed by atoms with Crippen molar-refractivity contribution >= 4 is 21.2 Å². The standard InChI is InChI=1S/C14H20F3N3O4S/c1-4-19(8-7-18(2)10-14(15,16)17)12-6-5-11(25(3,23)24)9-13(12)20(21)22/h5-6,9H,4,7-8,10H2,1-3H3. The summed E-state index contributed by atoms with van der Waals surface area (Å²) < 4.78 is 60.2. The largest absolute Gasteiger partial charge is 0.401 e. The van der Waals surface area contributed by atoms with Crippen LogP contribution in [0.2, 0.25) is 0 Å². The number of alkyl halides is 3. The molecule has 11 heteroatoms. The van der Waals surface area contributed by atoms with Gasteiger partial charge in [-0.2, -0.15) is 13.2 Å². The predicted octanol–water partition coefficient (Wildman–Crippen LogP) is 2.32. The second-order valence-corrected chi connectivity index (χ2v) is 7.63. The van der Waals surface area contributed by atoms with Gasteiger partial charge in [0.1, 0.15) is 5.69 Å². The number of anilines is 1. The fourth-order valence-corrected chi connectivity index (χ4v) is 2.91. The van der Waals surface area contributed by atoms with Crippen LogP contribution in [-0.2, 0) is 9.84 Å². The van der Waals surface area contributed by atoms with E-state index in [1.54, 1.807) is 6.92 Å². The van der Waals surface area contributed by atoms with E-state index in [2.05, 4.69) is 0 Å². The van der Waals surface area contributed by atoms with Crippen LogP contribution in [0.15, 0.2) is 23.1 Å². The Morgan fingerprint density at radius 2 is 1.84 bits per heavy atom. The third-order valence-electron chi connectivity index (χ3n) is 3.49. The highest BCUT2D eigenvalue weighted by Crippen LogP contribution is 2.30. The molecule has 0 saturated carbocycles. The second kappa shape index (κ2) is 8.00. The molecule has 1 aromatic rings. The first-order valence-electron chi connectivity index (χ1n) is 7.34. The number of nitrogens with zero attached hydrogens (tertiary/aromatic N) is 3. The van der Waals surface area contributed by atoms with Gasteiger partial charge in [0.05, 0.1) is 16.4 Å². The van der Waals surface area contributed by atoms with E-state index in [1.807, 2.05) is 0 Å². The minimum atomic E-state index is -4.32. The van der Waals surface area contributed by atoms with Gasteiger partial charge in [0.25, 0.3) is 5.69 Å². The van der Waals surface area contributed by atoms with Crippen LogP contribution in [0.4, 0.5) is 24.5 Å². The van der Waals surface area contributed by atoms with Crippen molar-refractivity contribution in [2.45, 2.75) is 18.0 Å². The number of halogens is 3. The van der Waals surface area contributed by atoms with Crippen molar-refractivity contribution in [1.82, 2.24) is 4.90 Å². The fourth-order valence-electron chi connectivity index (χ4n) is 2.27. The van der Waals surface area contributed by atoms with Gasteiger partial charge < -0.3 is 4.90 Å². The summed E-state index contributed by atoms with van der Waals surface area (Å²) in [6.45, 7) is 1.11. The van der Waals surface area contributed by atoms with Crippen molar-refractivity contribution in [3.8, 4) is 0 Å². The Bertz CT molecular complexity index is 723. The average molecular weight is 383 g/mol. The van der Waals surface area contributed by atoms with Crippen molar-refractivity contribution < 1.29 is 26.5 Å². The van der Waals surface area contributed by atoms with Crippen molar-refractivity contribution in [2.75, 3.05) is 44.4 Å². The van der Waals surface area contributed by atoms with Crippen molar-refractivity contribution in [3.63, 3.8) is 0 Å². The molecule has 0 fully saturated rings. The molecule has 1 rings (SSSR count). The second-order valence-electron chi connectivity index (χ2n) is 5.61. The number of nitro groups is 1. The molecular weight excluding hydrogens is 363 g/mol. The highest BCUT2D eigenvalue weighted by Gasteiger charge is 2.29. The lowest BCUT2D eigenvalue weighted by Crippen LogP contribution is -2.38. The molecule has 0 aliphatic heterocycles. The van der Waals surface area contributed by atoms with E-state index in [1.165, 1.54) is 24.1 Å². The van der Waals surface area contributed by atoms with Crippen LogP contribution in [0, 0.1) is 10.1 Å². The van der Waals surface area contributed by atoms with E-state index in [0.29, 0.717) is 6.54 Å². The number of nitro benzene ring substituents is 1. The first-order valence-corrected chi connectivity index (χ1v) is 9.23. The van der Waals surface area contributed by atoms with Gasteiger partial charge in [-0.3, -0.25) is 15.0 Å². The molecule has 0 radical (unpaired) electrons. The van der Waals surface area contributed by atoms with Crippen molar-refractivity contribution in [1.29, 1.82) is 0 Å². The van der Waals surface area contributed by atoms with Crippen LogP contribution in [0.3, 0.4) is 0 Å². The molecule has 0 saturated heterocycles. The van der Waals surface area contributed by atoms with Gasteiger partial charge in [-0.15, -0.1) is 0 Å². The van der Waals surface area contributed by atoms with Crippen LogP contribution in [0.5, 0.6) is 0 Å². The topological polar surface area (TPSA) is 83.8 Å². The monoisotopic (exact) mass is 383 g/mol. The molecule has 7 nitrogen and oxygen atoms in total. The van der Waals surface area contributed by atoms with E-state index in [9.17, 15) is 31.7 Å². The molecule has 0 aromatic heterocycles. The van der Waals surface area contributed by atoms with E-state index >= 15 is 0 Å². The van der Waals surface area contributed by atoms with Crippen LogP contribution >= 0.6 is 0 Å². The number of hydrogen-bond donors (Lipinski definition) is 0. The first-order chi connectivity index (χ1) is 11.3. The molecule has 0 heterocycles. The molecule has 0 amide bonds. The molecule has 0 unspecified atom stereocenters. The lowest BCUT2D eigenvalue weighted by molar-refractivity contribution is -0.384. The maximum Gasteiger partial charge on any atom is 0.401 e. The quantitative estimate of drug-likeness (QED) is 0.506. The summed E-state index contributed by atoms with van der Waals surface area (Å²) in [6.07, 6.45) is -3.38. The summed E-state index contributed by atoms with van der Waals surface area (Å²) in [5, 5.41) is 11.3. The Kier molecular flexibility index (Phi) is 6.77. The zero-order valence-corrected chi connectivity index (χ0v) is 14.9. The summed E-state index contributed by atoms with van der Waals surface area (Å²) in [4.78, 5) is 13.0. The predicted molar refractivity (Wildman–Crippen MR) is 87.6 cm³/mol. The Hall–Kier alpha value is -1.88. The number of hydrogen-bond acceptors (Lipinski definition) is 6. The summed E-state index contributed by atoms with van der Waals surface area (Å²) in [5.74, 6) is 0. The SMILES string of the molecule is CCN(CCN(C)CC(F)(F)F)c1ccc(S(C)(=O)=O)cc1[N+](=O)[O-]. The van der Waals surface area contributed by atoms with Gasteiger partial charge in [-0.05, 0) is 26.1 Å². The van der Waals surface area contributed by atoms with E-state index < -0.39 is 33.2 Å². The zero-order valence-electron chi connectivity index (χ0n) is 14.1. The van der Waals surface area contributed by atoms with Crippen LogP contribution in [0.1, 0.15) is 6.92 Å². The molecule has 0 bridgehead atoms. The Labute approximate surface area is 144 Å². The molecule has 0 aliphatic rings. The molecule has 1 aromatic carbocycles. The average Bonchev–Trinajstić information content (AvgIpc) is 2.44. The van der Waals surface area contributed by atoms with Crippen LogP contribution < -0.4 is 4.90 Å². The van der Waals surface area contributed by atoms with Gasteiger partial charge in [0, 0.05) is 32.0 Å². The smallest absolute Gasteiger partial charge is 0.365 e. The summed E-state index contributed by atoms with van der Waals surface area (Å²) in [6, 6.07) is 3.52. The van der Waals surface area contributed by atoms with Gasteiger partial charge in [0.2, 0.25) is 0 Å². The van der Waals surface area contributed by atoms with Gasteiger partial charge in [-0.1, -0.05) is 0 Å². The molecule has 25 heavy (non-hydrogen) atoms. The van der Waals surface area contributed by atoms with E-state index in [-0.39, 0.29) is 23.7 Å². The number of sulfone groups is 1. The molecule has 0 spiro atoms. The lowest BCUT2D eigenvalue weighted by Gasteiger charge is -2.26. The van der Waals surface area contributed by atoms with E-state index in [0.717, 1.165) is 17.2 Å².